The van der Waals surface area contributed by atoms with Crippen molar-refractivity contribution in [1.29, 1.82) is 0 Å². The van der Waals surface area contributed by atoms with Gasteiger partial charge in [0.15, 0.2) is 0 Å². The normalized spacial score (nSPS) is 16.6. The largest absolute Gasteiger partial charge is 0.381 e. The van der Waals surface area contributed by atoms with Gasteiger partial charge in [-0.2, -0.15) is 0 Å². The Morgan fingerprint density at radius 1 is 1.36 bits per heavy atom. The van der Waals surface area contributed by atoms with Gasteiger partial charge in [0.25, 0.3) is 5.91 Å². The molecule has 134 valence electrons. The molecule has 3 rings (SSSR count). The number of carbonyl (C=O) groups is 1. The number of rotatable bonds is 5. The second kappa shape index (κ2) is 7.74. The monoisotopic (exact) mass is 343 g/mol. The molecule has 1 atom stereocenters. The standard InChI is InChI=1S/C18H25N5O2/c1-4-23-8-7-19-17(23)16(14-5-9-25-10-6-14)22-18(24)15-11-12(2)20-13(3)21-15/h7-8,11,14,16H,4-6,9-10H2,1-3H3,(H,22,24)/t16-/m0/s1. The van der Waals surface area contributed by atoms with E-state index in [0.717, 1.165) is 44.1 Å². The number of carbonyl (C=O) groups excluding carboxylic acids is 1. The van der Waals surface area contributed by atoms with E-state index >= 15 is 0 Å². The van der Waals surface area contributed by atoms with E-state index in [0.29, 0.717) is 17.4 Å². The van der Waals surface area contributed by atoms with Crippen LogP contribution in [0.1, 0.15) is 53.6 Å². The summed E-state index contributed by atoms with van der Waals surface area (Å²) >= 11 is 0. The molecule has 1 aliphatic rings. The Bertz CT molecular complexity index is 717. The van der Waals surface area contributed by atoms with E-state index in [1.165, 1.54) is 0 Å². The number of nitrogens with zero attached hydrogens (tertiary/aromatic N) is 4. The maximum Gasteiger partial charge on any atom is 0.270 e. The van der Waals surface area contributed by atoms with Crippen molar-refractivity contribution < 1.29 is 9.53 Å². The van der Waals surface area contributed by atoms with Crippen LogP contribution in [0.2, 0.25) is 0 Å². The fraction of sp³-hybridized carbons (Fsp3) is 0.556. The Kier molecular flexibility index (Phi) is 5.43. The van der Waals surface area contributed by atoms with Crippen molar-refractivity contribution in [3.05, 3.63) is 41.5 Å². The average Bonchev–Trinajstić information content (AvgIpc) is 3.07. The molecule has 0 aromatic carbocycles. The Balaban J connectivity index is 1.87. The third-order valence-electron chi connectivity index (χ3n) is 4.59. The Hall–Kier alpha value is -2.28. The molecular weight excluding hydrogens is 318 g/mol. The molecular formula is C18H25N5O2. The molecule has 3 heterocycles. The van der Waals surface area contributed by atoms with Gasteiger partial charge in [0.1, 0.15) is 17.3 Å². The van der Waals surface area contributed by atoms with Gasteiger partial charge in [-0.25, -0.2) is 15.0 Å². The summed E-state index contributed by atoms with van der Waals surface area (Å²) in [6.45, 7) is 7.99. The van der Waals surface area contributed by atoms with E-state index in [2.05, 4.69) is 31.8 Å². The summed E-state index contributed by atoms with van der Waals surface area (Å²) in [7, 11) is 0. The highest BCUT2D eigenvalue weighted by atomic mass is 16.5. The van der Waals surface area contributed by atoms with E-state index in [-0.39, 0.29) is 11.9 Å². The van der Waals surface area contributed by atoms with Crippen LogP contribution in [0.5, 0.6) is 0 Å². The molecule has 1 fully saturated rings. The van der Waals surface area contributed by atoms with Crippen molar-refractivity contribution >= 4 is 5.91 Å². The zero-order chi connectivity index (χ0) is 17.8. The van der Waals surface area contributed by atoms with Gasteiger partial charge in [-0.1, -0.05) is 0 Å². The van der Waals surface area contributed by atoms with Crippen molar-refractivity contribution in [2.45, 2.75) is 46.2 Å². The number of ether oxygens (including phenoxy) is 1. The van der Waals surface area contributed by atoms with E-state index in [1.807, 2.05) is 13.1 Å². The first-order valence-electron chi connectivity index (χ1n) is 8.80. The Labute approximate surface area is 147 Å². The zero-order valence-electron chi connectivity index (χ0n) is 15.0. The third-order valence-corrected chi connectivity index (χ3v) is 4.59. The summed E-state index contributed by atoms with van der Waals surface area (Å²) in [5, 5.41) is 3.17. The number of aromatic nitrogens is 4. The van der Waals surface area contributed by atoms with Gasteiger partial charge in [0.05, 0.1) is 6.04 Å². The van der Waals surface area contributed by atoms with Crippen LogP contribution in [-0.4, -0.2) is 38.6 Å². The molecule has 1 N–H and O–H groups in total. The van der Waals surface area contributed by atoms with Crippen molar-refractivity contribution in [2.24, 2.45) is 5.92 Å². The molecule has 7 heteroatoms. The molecule has 25 heavy (non-hydrogen) atoms. The predicted octanol–water partition coefficient (Wildman–Crippen LogP) is 2.21. The van der Waals surface area contributed by atoms with Crippen LogP contribution in [-0.2, 0) is 11.3 Å². The summed E-state index contributed by atoms with van der Waals surface area (Å²) in [5.41, 5.74) is 1.19. The Morgan fingerprint density at radius 2 is 2.12 bits per heavy atom. The minimum atomic E-state index is -0.184. The van der Waals surface area contributed by atoms with E-state index < -0.39 is 0 Å². The lowest BCUT2D eigenvalue weighted by molar-refractivity contribution is 0.0497. The van der Waals surface area contributed by atoms with Gasteiger partial charge in [0, 0.05) is 37.8 Å². The zero-order valence-corrected chi connectivity index (χ0v) is 15.0. The first kappa shape index (κ1) is 17.5. The topological polar surface area (TPSA) is 81.9 Å². The minimum Gasteiger partial charge on any atom is -0.381 e. The van der Waals surface area contributed by atoms with E-state index in [9.17, 15) is 4.79 Å². The summed E-state index contributed by atoms with van der Waals surface area (Å²) in [4.78, 5) is 25.9. The van der Waals surface area contributed by atoms with Crippen LogP contribution < -0.4 is 5.32 Å². The summed E-state index contributed by atoms with van der Waals surface area (Å²) in [6.07, 6.45) is 5.55. The lowest BCUT2D eigenvalue weighted by Crippen LogP contribution is -2.38. The van der Waals surface area contributed by atoms with Crippen LogP contribution in [0.3, 0.4) is 0 Å². The minimum absolute atomic E-state index is 0.151. The van der Waals surface area contributed by atoms with Gasteiger partial charge < -0.3 is 14.6 Å². The quantitative estimate of drug-likeness (QED) is 0.900. The molecule has 0 bridgehead atoms. The molecule has 0 saturated carbocycles. The molecule has 1 amide bonds. The summed E-state index contributed by atoms with van der Waals surface area (Å²) in [5.74, 6) is 1.61. The van der Waals surface area contributed by atoms with Crippen LogP contribution in [0, 0.1) is 19.8 Å². The molecule has 0 aliphatic carbocycles. The molecule has 7 nitrogen and oxygen atoms in total. The second-order valence-corrected chi connectivity index (χ2v) is 6.41. The molecule has 2 aromatic heterocycles. The highest BCUT2D eigenvalue weighted by Crippen LogP contribution is 2.29. The lowest BCUT2D eigenvalue weighted by atomic mass is 9.91. The van der Waals surface area contributed by atoms with Crippen molar-refractivity contribution in [1.82, 2.24) is 24.8 Å². The van der Waals surface area contributed by atoms with Gasteiger partial charge in [-0.05, 0) is 45.6 Å². The lowest BCUT2D eigenvalue weighted by Gasteiger charge is -2.30. The van der Waals surface area contributed by atoms with Crippen molar-refractivity contribution in [2.75, 3.05) is 13.2 Å². The van der Waals surface area contributed by atoms with Crippen LogP contribution >= 0.6 is 0 Å². The number of nitrogens with one attached hydrogen (secondary N) is 1. The summed E-state index contributed by atoms with van der Waals surface area (Å²) in [6, 6.07) is 1.57. The highest BCUT2D eigenvalue weighted by Gasteiger charge is 2.30. The number of imidazole rings is 1. The number of hydrogen-bond acceptors (Lipinski definition) is 5. The molecule has 1 saturated heterocycles. The second-order valence-electron chi connectivity index (χ2n) is 6.41. The van der Waals surface area contributed by atoms with Gasteiger partial charge >= 0.3 is 0 Å². The highest BCUT2D eigenvalue weighted by molar-refractivity contribution is 5.92. The van der Waals surface area contributed by atoms with Gasteiger partial charge in [0.2, 0.25) is 0 Å². The number of amides is 1. The number of hydrogen-bond donors (Lipinski definition) is 1. The first-order valence-corrected chi connectivity index (χ1v) is 8.80. The molecule has 2 aromatic rings. The average molecular weight is 343 g/mol. The Morgan fingerprint density at radius 3 is 2.80 bits per heavy atom. The first-order chi connectivity index (χ1) is 12.1. The maximum absolute atomic E-state index is 12.8. The molecule has 0 radical (unpaired) electrons. The summed E-state index contributed by atoms with van der Waals surface area (Å²) < 4.78 is 7.56. The SMILES string of the molecule is CCn1ccnc1[C@@H](NC(=O)c1cc(C)nc(C)n1)C1CCOCC1. The van der Waals surface area contributed by atoms with Gasteiger partial charge in [-0.15, -0.1) is 0 Å². The van der Waals surface area contributed by atoms with Crippen LogP contribution in [0.4, 0.5) is 0 Å². The van der Waals surface area contributed by atoms with Crippen LogP contribution in [0.25, 0.3) is 0 Å². The third kappa shape index (κ3) is 4.04. The molecule has 0 spiro atoms. The molecule has 1 aliphatic heterocycles. The number of aryl methyl sites for hydroxylation is 3. The van der Waals surface area contributed by atoms with E-state index in [1.54, 1.807) is 19.2 Å². The van der Waals surface area contributed by atoms with Crippen molar-refractivity contribution in [3.63, 3.8) is 0 Å². The molecule has 0 unspecified atom stereocenters. The van der Waals surface area contributed by atoms with Crippen LogP contribution in [0.15, 0.2) is 18.5 Å². The smallest absolute Gasteiger partial charge is 0.270 e. The fourth-order valence-electron chi connectivity index (χ4n) is 3.36. The fourth-order valence-corrected chi connectivity index (χ4v) is 3.36. The van der Waals surface area contributed by atoms with Gasteiger partial charge in [-0.3, -0.25) is 4.79 Å². The maximum atomic E-state index is 12.8. The van der Waals surface area contributed by atoms with Crippen molar-refractivity contribution in [3.8, 4) is 0 Å². The van der Waals surface area contributed by atoms with E-state index in [4.69, 9.17) is 4.74 Å². The predicted molar refractivity (Wildman–Crippen MR) is 93.2 cm³/mol.